The van der Waals surface area contributed by atoms with E-state index < -0.39 is 15.5 Å². The number of guanidine groups is 1. The van der Waals surface area contributed by atoms with E-state index >= 15 is 0 Å². The molecule has 2 N–H and O–H groups in total. The smallest absolute Gasteiger partial charge is 0.356 e. The number of sulfonamides is 1. The van der Waals surface area contributed by atoms with E-state index in [9.17, 15) is 21.6 Å². The summed E-state index contributed by atoms with van der Waals surface area (Å²) in [6.45, 7) is 6.82. The summed E-state index contributed by atoms with van der Waals surface area (Å²) in [6.07, 6.45) is 1.36. The Kier molecular flexibility index (Phi) is 7.79. The summed E-state index contributed by atoms with van der Waals surface area (Å²) >= 11 is 0. The zero-order valence-electron chi connectivity index (χ0n) is 17.9. The van der Waals surface area contributed by atoms with Gasteiger partial charge in [-0.1, -0.05) is 45.0 Å². The van der Waals surface area contributed by atoms with Gasteiger partial charge in [-0.2, -0.15) is 17.5 Å². The summed E-state index contributed by atoms with van der Waals surface area (Å²) in [5.41, 5.74) is -2.68. The molecule has 0 unspecified atom stereocenters. The van der Waals surface area contributed by atoms with Crippen molar-refractivity contribution in [2.45, 2.75) is 57.0 Å². The van der Waals surface area contributed by atoms with Crippen molar-refractivity contribution in [2.24, 2.45) is 4.99 Å². The molecule has 1 saturated heterocycles. The summed E-state index contributed by atoms with van der Waals surface area (Å²) in [5.74, 6) is 0.554. The van der Waals surface area contributed by atoms with Crippen LogP contribution in [-0.2, 0) is 21.9 Å². The SMILES string of the molecule is CN=C(NCCc1ccc(C(C)(C)C)cc1)NC1CCN(S(=O)(=O)C(F)(F)F)CC1. The van der Waals surface area contributed by atoms with Crippen LogP contribution in [0.1, 0.15) is 44.7 Å². The van der Waals surface area contributed by atoms with Crippen LogP contribution in [0.4, 0.5) is 13.2 Å². The van der Waals surface area contributed by atoms with Gasteiger partial charge in [-0.25, -0.2) is 8.42 Å². The number of nitrogens with one attached hydrogen (secondary N) is 2. The van der Waals surface area contributed by atoms with E-state index in [0.29, 0.717) is 16.8 Å². The van der Waals surface area contributed by atoms with Gasteiger partial charge in [0.1, 0.15) is 0 Å². The first-order valence-corrected chi connectivity index (χ1v) is 11.4. The maximum Gasteiger partial charge on any atom is 0.511 e. The molecule has 1 aromatic rings. The fourth-order valence-electron chi connectivity index (χ4n) is 3.27. The van der Waals surface area contributed by atoms with Gasteiger partial charge < -0.3 is 10.6 Å². The van der Waals surface area contributed by atoms with E-state index in [4.69, 9.17) is 0 Å². The van der Waals surface area contributed by atoms with Crippen molar-refractivity contribution in [3.05, 3.63) is 35.4 Å². The molecule has 1 heterocycles. The fourth-order valence-corrected chi connectivity index (χ4v) is 4.26. The van der Waals surface area contributed by atoms with Crippen molar-refractivity contribution in [3.63, 3.8) is 0 Å². The third kappa shape index (κ3) is 6.34. The Bertz CT molecular complexity index is 823. The predicted octanol–water partition coefficient (Wildman–Crippen LogP) is 3.01. The number of hydrogen-bond acceptors (Lipinski definition) is 3. The maximum atomic E-state index is 12.7. The minimum absolute atomic E-state index is 0.109. The minimum Gasteiger partial charge on any atom is -0.356 e. The molecule has 1 aliphatic rings. The van der Waals surface area contributed by atoms with Crippen LogP contribution in [0.5, 0.6) is 0 Å². The zero-order chi connectivity index (χ0) is 22.6. The standard InChI is InChI=1S/C20H31F3N4O2S/c1-19(2,3)16-7-5-15(6-8-16)9-12-25-18(24-4)26-17-10-13-27(14-11-17)30(28,29)20(21,22)23/h5-8,17H,9-14H2,1-4H3,(H2,24,25,26). The average molecular weight is 449 g/mol. The number of alkyl halides is 3. The number of hydrogen-bond donors (Lipinski definition) is 2. The van der Waals surface area contributed by atoms with Crippen LogP contribution in [0.3, 0.4) is 0 Å². The number of piperidine rings is 1. The fraction of sp³-hybridized carbons (Fsp3) is 0.650. The van der Waals surface area contributed by atoms with Crippen LogP contribution in [0.25, 0.3) is 0 Å². The molecule has 1 fully saturated rings. The third-order valence-corrected chi connectivity index (χ3v) is 6.81. The van der Waals surface area contributed by atoms with Crippen molar-refractivity contribution in [2.75, 3.05) is 26.7 Å². The Morgan fingerprint density at radius 2 is 1.70 bits per heavy atom. The lowest BCUT2D eigenvalue weighted by atomic mass is 9.86. The van der Waals surface area contributed by atoms with Gasteiger partial charge in [-0.3, -0.25) is 4.99 Å². The summed E-state index contributed by atoms with van der Waals surface area (Å²) < 4.78 is 61.5. The molecule has 0 atom stereocenters. The second-order valence-electron chi connectivity index (χ2n) is 8.46. The van der Waals surface area contributed by atoms with E-state index in [1.807, 2.05) is 0 Å². The Balaban J connectivity index is 1.79. The molecule has 0 radical (unpaired) electrons. The Morgan fingerprint density at radius 1 is 1.13 bits per heavy atom. The van der Waals surface area contributed by atoms with Crippen LogP contribution in [0.15, 0.2) is 29.3 Å². The van der Waals surface area contributed by atoms with Gasteiger partial charge in [0.15, 0.2) is 5.96 Å². The first-order chi connectivity index (χ1) is 13.8. The van der Waals surface area contributed by atoms with Crippen molar-refractivity contribution in [1.82, 2.24) is 14.9 Å². The number of nitrogens with zero attached hydrogens (tertiary/aromatic N) is 2. The van der Waals surface area contributed by atoms with E-state index in [-0.39, 0.29) is 37.4 Å². The highest BCUT2D eigenvalue weighted by atomic mass is 32.2. The summed E-state index contributed by atoms with van der Waals surface area (Å²) in [6, 6.07) is 8.34. The predicted molar refractivity (Wildman–Crippen MR) is 113 cm³/mol. The summed E-state index contributed by atoms with van der Waals surface area (Å²) in [7, 11) is -3.63. The maximum absolute atomic E-state index is 12.7. The Hall–Kier alpha value is -1.81. The summed E-state index contributed by atoms with van der Waals surface area (Å²) in [4.78, 5) is 4.15. The zero-order valence-corrected chi connectivity index (χ0v) is 18.7. The molecule has 0 aliphatic carbocycles. The Labute approximate surface area is 177 Å². The van der Waals surface area contributed by atoms with E-state index in [2.05, 4.69) is 60.7 Å². The molecule has 0 amide bonds. The molecule has 0 saturated carbocycles. The Morgan fingerprint density at radius 3 is 2.17 bits per heavy atom. The van der Waals surface area contributed by atoms with Gasteiger partial charge in [0.25, 0.3) is 0 Å². The van der Waals surface area contributed by atoms with Crippen LogP contribution in [0.2, 0.25) is 0 Å². The van der Waals surface area contributed by atoms with E-state index in [1.165, 1.54) is 11.1 Å². The van der Waals surface area contributed by atoms with E-state index in [0.717, 1.165) is 6.42 Å². The van der Waals surface area contributed by atoms with Gasteiger partial charge in [-0.05, 0) is 35.8 Å². The van der Waals surface area contributed by atoms with Crippen LogP contribution in [-0.4, -0.2) is 56.9 Å². The van der Waals surface area contributed by atoms with Crippen LogP contribution < -0.4 is 10.6 Å². The first kappa shape index (κ1) is 24.5. The quantitative estimate of drug-likeness (QED) is 0.537. The molecule has 0 bridgehead atoms. The third-order valence-electron chi connectivity index (χ3n) is 5.18. The van der Waals surface area contributed by atoms with Gasteiger partial charge in [0, 0.05) is 32.7 Å². The molecular weight excluding hydrogens is 417 g/mol. The minimum atomic E-state index is -5.25. The second-order valence-corrected chi connectivity index (χ2v) is 10.4. The van der Waals surface area contributed by atoms with Crippen molar-refractivity contribution in [3.8, 4) is 0 Å². The first-order valence-electron chi connectivity index (χ1n) is 9.97. The van der Waals surface area contributed by atoms with Crippen molar-refractivity contribution < 1.29 is 21.6 Å². The number of benzene rings is 1. The molecule has 2 rings (SSSR count). The van der Waals surface area contributed by atoms with Crippen LogP contribution >= 0.6 is 0 Å². The topological polar surface area (TPSA) is 73.8 Å². The molecule has 6 nitrogen and oxygen atoms in total. The number of rotatable bonds is 5. The highest BCUT2D eigenvalue weighted by Crippen LogP contribution is 2.29. The number of halogens is 3. The van der Waals surface area contributed by atoms with Gasteiger partial charge >= 0.3 is 15.5 Å². The molecule has 0 spiro atoms. The van der Waals surface area contributed by atoms with E-state index in [1.54, 1.807) is 7.05 Å². The van der Waals surface area contributed by atoms with Crippen molar-refractivity contribution in [1.29, 1.82) is 0 Å². The lowest BCUT2D eigenvalue weighted by Crippen LogP contribution is -2.51. The van der Waals surface area contributed by atoms with Gasteiger partial charge in [0.05, 0.1) is 0 Å². The molecule has 1 aromatic carbocycles. The molecular formula is C20H31F3N4O2S. The second kappa shape index (κ2) is 9.55. The van der Waals surface area contributed by atoms with Gasteiger partial charge in [0.2, 0.25) is 0 Å². The van der Waals surface area contributed by atoms with Crippen LogP contribution in [0, 0.1) is 0 Å². The van der Waals surface area contributed by atoms with Gasteiger partial charge in [-0.15, -0.1) is 0 Å². The average Bonchev–Trinajstić information content (AvgIpc) is 2.66. The normalized spacial score (nSPS) is 17.8. The highest BCUT2D eigenvalue weighted by molar-refractivity contribution is 7.90. The number of aliphatic imine (C=N–C) groups is 1. The molecule has 10 heteroatoms. The largest absolute Gasteiger partial charge is 0.511 e. The highest BCUT2D eigenvalue weighted by Gasteiger charge is 2.50. The summed E-state index contributed by atoms with van der Waals surface area (Å²) in [5, 5.41) is 6.37. The molecule has 30 heavy (non-hydrogen) atoms. The molecule has 1 aliphatic heterocycles. The lowest BCUT2D eigenvalue weighted by molar-refractivity contribution is -0.0494. The molecule has 0 aromatic heterocycles. The lowest BCUT2D eigenvalue weighted by Gasteiger charge is -2.32. The monoisotopic (exact) mass is 448 g/mol. The molecule has 170 valence electrons. The van der Waals surface area contributed by atoms with Crippen molar-refractivity contribution >= 4 is 16.0 Å².